The monoisotopic (exact) mass is 302 g/mol. The smallest absolute Gasteiger partial charge is 0.417 e. The first-order valence-electron chi connectivity index (χ1n) is 5.60. The third kappa shape index (κ3) is 3.56. The second-order valence-electron chi connectivity index (χ2n) is 4.07. The second-order valence-corrected chi connectivity index (χ2v) is 4.07. The molecule has 7 heteroatoms. The van der Waals surface area contributed by atoms with Gasteiger partial charge in [-0.05, 0) is 18.2 Å². The summed E-state index contributed by atoms with van der Waals surface area (Å²) in [6, 6.07) is 4.85. The maximum Gasteiger partial charge on any atom is 0.417 e. The van der Waals surface area contributed by atoms with Gasteiger partial charge in [0.1, 0.15) is 23.1 Å². The molecule has 0 amide bonds. The predicted octanol–water partition coefficient (Wildman–Crippen LogP) is 4.59. The quantitative estimate of drug-likeness (QED) is 0.612. The lowest BCUT2D eigenvalue weighted by atomic mass is 10.1. The van der Waals surface area contributed by atoms with Gasteiger partial charge < -0.3 is 4.74 Å². The van der Waals surface area contributed by atoms with Crippen LogP contribution in [0.15, 0.2) is 36.4 Å². The summed E-state index contributed by atoms with van der Waals surface area (Å²) in [5.41, 5.74) is -1.74. The molecular weight excluding hydrogens is 295 g/mol. The molecule has 2 rings (SSSR count). The molecule has 0 aliphatic carbocycles. The lowest BCUT2D eigenvalue weighted by Crippen LogP contribution is -2.09. The third-order valence-electron chi connectivity index (χ3n) is 2.53. The number of rotatable bonds is 3. The van der Waals surface area contributed by atoms with Crippen LogP contribution in [0.2, 0.25) is 0 Å². The average Bonchev–Trinajstić information content (AvgIpc) is 2.36. The number of aldehydes is 1. The largest absolute Gasteiger partial charge is 0.457 e. The van der Waals surface area contributed by atoms with Gasteiger partial charge in [0.25, 0.3) is 0 Å². The topological polar surface area (TPSA) is 26.3 Å². The minimum Gasteiger partial charge on any atom is -0.457 e. The predicted molar refractivity (Wildman–Crippen MR) is 63.3 cm³/mol. The molecule has 0 heterocycles. The Kier molecular flexibility index (Phi) is 3.93. The summed E-state index contributed by atoms with van der Waals surface area (Å²) in [5.74, 6) is -2.44. The van der Waals surface area contributed by atoms with Crippen LogP contribution in [0.1, 0.15) is 15.9 Å². The van der Waals surface area contributed by atoms with Crippen LogP contribution in [0.4, 0.5) is 22.0 Å². The maximum atomic E-state index is 13.0. The number of carbonyl (C=O) groups is 1. The van der Waals surface area contributed by atoms with Crippen molar-refractivity contribution in [1.29, 1.82) is 0 Å². The van der Waals surface area contributed by atoms with Crippen molar-refractivity contribution in [2.45, 2.75) is 6.18 Å². The number of benzene rings is 2. The molecule has 0 aliphatic rings. The molecule has 21 heavy (non-hydrogen) atoms. The highest BCUT2D eigenvalue weighted by Gasteiger charge is 2.33. The molecular formula is C14H7F5O2. The van der Waals surface area contributed by atoms with E-state index < -0.39 is 28.9 Å². The highest BCUT2D eigenvalue weighted by molar-refractivity contribution is 5.78. The van der Waals surface area contributed by atoms with Gasteiger partial charge in [-0.2, -0.15) is 13.2 Å². The first kappa shape index (κ1) is 15.0. The number of ether oxygens (including phenoxy) is 1. The fraction of sp³-hybridized carbons (Fsp3) is 0.0714. The van der Waals surface area contributed by atoms with Gasteiger partial charge in [0.2, 0.25) is 0 Å². The molecule has 0 saturated heterocycles. The van der Waals surface area contributed by atoms with Crippen molar-refractivity contribution in [2.24, 2.45) is 0 Å². The van der Waals surface area contributed by atoms with Crippen molar-refractivity contribution < 1.29 is 31.5 Å². The molecule has 0 atom stereocenters. The van der Waals surface area contributed by atoms with Gasteiger partial charge in [0.05, 0.1) is 5.56 Å². The third-order valence-corrected chi connectivity index (χ3v) is 2.53. The van der Waals surface area contributed by atoms with Crippen molar-refractivity contribution in [3.8, 4) is 11.5 Å². The van der Waals surface area contributed by atoms with Crippen LogP contribution in [-0.2, 0) is 6.18 Å². The number of alkyl halides is 3. The standard InChI is InChI=1S/C14H7F5O2/c15-9-3-10(16)5-12(4-9)21-11-2-1-8(7-20)13(6-11)14(17,18)19/h1-7H. The van der Waals surface area contributed by atoms with Gasteiger partial charge in [0, 0.05) is 23.8 Å². The summed E-state index contributed by atoms with van der Waals surface area (Å²) < 4.78 is 69.2. The Morgan fingerprint density at radius 2 is 1.52 bits per heavy atom. The first-order valence-corrected chi connectivity index (χ1v) is 5.60. The average molecular weight is 302 g/mol. The molecule has 2 nitrogen and oxygen atoms in total. The summed E-state index contributed by atoms with van der Waals surface area (Å²) in [4.78, 5) is 10.6. The zero-order chi connectivity index (χ0) is 15.6. The molecule has 2 aromatic carbocycles. The molecule has 0 saturated carbocycles. The highest BCUT2D eigenvalue weighted by Crippen LogP contribution is 2.35. The zero-order valence-electron chi connectivity index (χ0n) is 10.2. The number of halogens is 5. The minimum atomic E-state index is -4.75. The van der Waals surface area contributed by atoms with Crippen LogP contribution in [0.3, 0.4) is 0 Å². The van der Waals surface area contributed by atoms with E-state index in [0.717, 1.165) is 24.3 Å². The van der Waals surface area contributed by atoms with Crippen molar-refractivity contribution in [1.82, 2.24) is 0 Å². The Hall–Kier alpha value is -2.44. The Morgan fingerprint density at radius 1 is 0.905 bits per heavy atom. The number of carbonyl (C=O) groups excluding carboxylic acids is 1. The van der Waals surface area contributed by atoms with Crippen molar-refractivity contribution in [2.75, 3.05) is 0 Å². The lowest BCUT2D eigenvalue weighted by molar-refractivity contribution is -0.137. The van der Waals surface area contributed by atoms with E-state index in [0.29, 0.717) is 12.1 Å². The molecule has 0 fully saturated rings. The molecule has 0 N–H and O–H groups in total. The molecule has 0 radical (unpaired) electrons. The van der Waals surface area contributed by atoms with E-state index in [4.69, 9.17) is 4.74 Å². The van der Waals surface area contributed by atoms with Crippen molar-refractivity contribution >= 4 is 6.29 Å². The lowest BCUT2D eigenvalue weighted by Gasteiger charge is -2.12. The van der Waals surface area contributed by atoms with Gasteiger partial charge >= 0.3 is 6.18 Å². The fourth-order valence-electron chi connectivity index (χ4n) is 1.67. The first-order chi connectivity index (χ1) is 9.79. The second kappa shape index (κ2) is 5.51. The van der Waals surface area contributed by atoms with Gasteiger partial charge in [-0.1, -0.05) is 0 Å². The van der Waals surface area contributed by atoms with E-state index in [1.165, 1.54) is 0 Å². The maximum absolute atomic E-state index is 13.0. The number of hydrogen-bond acceptors (Lipinski definition) is 2. The Balaban J connectivity index is 2.39. The molecule has 2 aromatic rings. The van der Waals surface area contributed by atoms with Crippen molar-refractivity contribution in [3.63, 3.8) is 0 Å². The van der Waals surface area contributed by atoms with Crippen LogP contribution in [0.5, 0.6) is 11.5 Å². The summed E-state index contributed by atoms with van der Waals surface area (Å²) in [7, 11) is 0. The fourth-order valence-corrected chi connectivity index (χ4v) is 1.67. The van der Waals surface area contributed by atoms with E-state index in [1.807, 2.05) is 0 Å². The van der Waals surface area contributed by atoms with Crippen LogP contribution >= 0.6 is 0 Å². The minimum absolute atomic E-state index is 0.0639. The van der Waals surface area contributed by atoms with Gasteiger partial charge in [-0.15, -0.1) is 0 Å². The van der Waals surface area contributed by atoms with Crippen LogP contribution in [-0.4, -0.2) is 6.29 Å². The van der Waals surface area contributed by atoms with E-state index in [1.54, 1.807) is 0 Å². The molecule has 0 bridgehead atoms. The van der Waals surface area contributed by atoms with E-state index >= 15 is 0 Å². The Morgan fingerprint density at radius 3 is 2.05 bits per heavy atom. The normalized spacial score (nSPS) is 11.3. The Bertz CT molecular complexity index is 659. The SMILES string of the molecule is O=Cc1ccc(Oc2cc(F)cc(F)c2)cc1C(F)(F)F. The molecule has 0 unspecified atom stereocenters. The Labute approximate surface area is 115 Å². The highest BCUT2D eigenvalue weighted by atomic mass is 19.4. The molecule has 0 aromatic heterocycles. The molecule has 110 valence electrons. The summed E-state index contributed by atoms with van der Waals surface area (Å²) in [6.07, 6.45) is -4.68. The van der Waals surface area contributed by atoms with E-state index in [-0.39, 0.29) is 17.8 Å². The van der Waals surface area contributed by atoms with Gasteiger partial charge in [-0.3, -0.25) is 4.79 Å². The van der Waals surface area contributed by atoms with Gasteiger partial charge in [0.15, 0.2) is 6.29 Å². The van der Waals surface area contributed by atoms with Crippen LogP contribution in [0.25, 0.3) is 0 Å². The van der Waals surface area contributed by atoms with E-state index in [2.05, 4.69) is 0 Å². The summed E-state index contributed by atoms with van der Waals surface area (Å²) >= 11 is 0. The van der Waals surface area contributed by atoms with Gasteiger partial charge in [-0.25, -0.2) is 8.78 Å². The summed E-state index contributed by atoms with van der Waals surface area (Å²) in [6.45, 7) is 0. The zero-order valence-corrected chi connectivity index (χ0v) is 10.2. The number of hydrogen-bond donors (Lipinski definition) is 0. The van der Waals surface area contributed by atoms with Crippen LogP contribution < -0.4 is 4.74 Å². The van der Waals surface area contributed by atoms with Crippen LogP contribution in [0, 0.1) is 11.6 Å². The summed E-state index contributed by atoms with van der Waals surface area (Å²) in [5, 5.41) is 0. The molecule has 0 spiro atoms. The molecule has 0 aliphatic heterocycles. The van der Waals surface area contributed by atoms with Crippen molar-refractivity contribution in [3.05, 3.63) is 59.2 Å². The van der Waals surface area contributed by atoms with E-state index in [9.17, 15) is 26.7 Å².